The van der Waals surface area contributed by atoms with Crippen molar-refractivity contribution in [3.05, 3.63) is 35.4 Å². The van der Waals surface area contributed by atoms with E-state index in [1.54, 1.807) is 0 Å². The van der Waals surface area contributed by atoms with Crippen LogP contribution in [0.3, 0.4) is 0 Å². The fourth-order valence-electron chi connectivity index (χ4n) is 3.78. The molecule has 2 atom stereocenters. The summed E-state index contributed by atoms with van der Waals surface area (Å²) in [5.74, 6) is 0.434. The van der Waals surface area contributed by atoms with E-state index in [0.29, 0.717) is 5.92 Å². The van der Waals surface area contributed by atoms with Crippen molar-refractivity contribution in [1.29, 1.82) is 5.26 Å². The predicted octanol–water partition coefficient (Wildman–Crippen LogP) is 2.69. The highest BCUT2D eigenvalue weighted by molar-refractivity contribution is 5.32. The molecule has 1 saturated carbocycles. The van der Waals surface area contributed by atoms with Crippen LogP contribution in [0.1, 0.15) is 43.2 Å². The van der Waals surface area contributed by atoms with Crippen LogP contribution in [0.2, 0.25) is 0 Å². The summed E-state index contributed by atoms with van der Waals surface area (Å²) in [7, 11) is 0. The highest BCUT2D eigenvalue weighted by atomic mass is 16.3. The molecule has 0 aromatic heterocycles. The van der Waals surface area contributed by atoms with Crippen LogP contribution in [0.25, 0.3) is 0 Å². The van der Waals surface area contributed by atoms with Crippen molar-refractivity contribution in [2.45, 2.75) is 44.2 Å². The number of benzene rings is 1. The molecule has 0 amide bonds. The molecule has 1 aliphatic heterocycles. The lowest BCUT2D eigenvalue weighted by Gasteiger charge is -2.47. The maximum Gasteiger partial charge on any atom is 0.0991 e. The first-order chi connectivity index (χ1) is 9.69. The Balaban J connectivity index is 1.66. The summed E-state index contributed by atoms with van der Waals surface area (Å²) < 4.78 is 0. The molecular formula is C17H22N2O. The number of rotatable bonds is 2. The van der Waals surface area contributed by atoms with Gasteiger partial charge in [-0.25, -0.2) is 0 Å². The van der Waals surface area contributed by atoms with Gasteiger partial charge in [0.1, 0.15) is 0 Å². The fourth-order valence-corrected chi connectivity index (χ4v) is 3.78. The fraction of sp³-hybridized carbons (Fsp3) is 0.588. The molecule has 0 bridgehead atoms. The Morgan fingerprint density at radius 3 is 3.10 bits per heavy atom. The Bertz CT molecular complexity index is 522. The number of nitriles is 1. The first kappa shape index (κ1) is 13.6. The third-order valence-electron chi connectivity index (χ3n) is 4.97. The van der Waals surface area contributed by atoms with Gasteiger partial charge in [-0.2, -0.15) is 5.26 Å². The van der Waals surface area contributed by atoms with Crippen LogP contribution in [0.5, 0.6) is 0 Å². The van der Waals surface area contributed by atoms with Crippen molar-refractivity contribution in [2.24, 2.45) is 5.92 Å². The minimum absolute atomic E-state index is 0.400. The highest BCUT2D eigenvalue weighted by Crippen LogP contribution is 2.39. The lowest BCUT2D eigenvalue weighted by atomic mass is 9.71. The van der Waals surface area contributed by atoms with Crippen molar-refractivity contribution in [2.75, 3.05) is 13.1 Å². The van der Waals surface area contributed by atoms with Crippen LogP contribution in [0, 0.1) is 17.2 Å². The van der Waals surface area contributed by atoms with Crippen molar-refractivity contribution in [3.8, 4) is 6.07 Å². The number of fused-ring (bicyclic) bond motifs is 1. The van der Waals surface area contributed by atoms with Crippen LogP contribution < -0.4 is 0 Å². The van der Waals surface area contributed by atoms with Gasteiger partial charge in [-0.1, -0.05) is 25.0 Å². The number of piperidine rings is 1. The predicted molar refractivity (Wildman–Crippen MR) is 78.0 cm³/mol. The van der Waals surface area contributed by atoms with E-state index in [2.05, 4.69) is 17.0 Å². The molecular weight excluding hydrogens is 248 g/mol. The van der Waals surface area contributed by atoms with Gasteiger partial charge in [0.15, 0.2) is 0 Å². The number of nitrogens with zero attached hydrogens (tertiary/aromatic N) is 2. The molecule has 2 fully saturated rings. The van der Waals surface area contributed by atoms with Gasteiger partial charge >= 0.3 is 0 Å². The van der Waals surface area contributed by atoms with Gasteiger partial charge in [-0.05, 0) is 37.0 Å². The molecule has 1 aromatic rings. The normalized spacial score (nSPS) is 30.5. The second kappa shape index (κ2) is 5.55. The number of hydrogen-bond acceptors (Lipinski definition) is 3. The lowest BCUT2D eigenvalue weighted by molar-refractivity contribution is -0.0967. The molecule has 1 N–H and O–H groups in total. The summed E-state index contributed by atoms with van der Waals surface area (Å²) in [5.41, 5.74) is 1.53. The Kier molecular flexibility index (Phi) is 3.78. The van der Waals surface area contributed by atoms with Crippen LogP contribution in [-0.2, 0) is 6.54 Å². The van der Waals surface area contributed by atoms with E-state index >= 15 is 0 Å². The van der Waals surface area contributed by atoms with Crippen molar-refractivity contribution in [1.82, 2.24) is 4.90 Å². The van der Waals surface area contributed by atoms with Gasteiger partial charge in [0, 0.05) is 25.6 Å². The SMILES string of the molecule is N#Cc1cccc(CN2CCC3(O)CCCCC3C2)c1. The second-order valence-electron chi connectivity index (χ2n) is 6.34. The molecule has 1 aromatic carbocycles. The van der Waals surface area contributed by atoms with Gasteiger partial charge < -0.3 is 5.11 Å². The maximum absolute atomic E-state index is 10.7. The maximum atomic E-state index is 10.7. The van der Waals surface area contributed by atoms with E-state index in [1.165, 1.54) is 18.4 Å². The molecule has 20 heavy (non-hydrogen) atoms. The van der Waals surface area contributed by atoms with Gasteiger partial charge in [0.05, 0.1) is 17.2 Å². The van der Waals surface area contributed by atoms with Crippen LogP contribution in [-0.4, -0.2) is 28.7 Å². The van der Waals surface area contributed by atoms with E-state index in [4.69, 9.17) is 5.26 Å². The Labute approximate surface area is 120 Å². The minimum Gasteiger partial charge on any atom is -0.390 e. The first-order valence-electron chi connectivity index (χ1n) is 7.63. The Morgan fingerprint density at radius 1 is 1.35 bits per heavy atom. The van der Waals surface area contributed by atoms with Gasteiger partial charge in [-0.3, -0.25) is 4.90 Å². The molecule has 1 heterocycles. The summed E-state index contributed by atoms with van der Waals surface area (Å²) in [6, 6.07) is 10.1. The Hall–Kier alpha value is -1.37. The van der Waals surface area contributed by atoms with E-state index < -0.39 is 5.60 Å². The van der Waals surface area contributed by atoms with Crippen LogP contribution in [0.4, 0.5) is 0 Å². The summed E-state index contributed by atoms with van der Waals surface area (Å²) in [6.45, 7) is 2.85. The average Bonchev–Trinajstić information content (AvgIpc) is 2.48. The van der Waals surface area contributed by atoms with Crippen molar-refractivity contribution in [3.63, 3.8) is 0 Å². The average molecular weight is 270 g/mol. The largest absolute Gasteiger partial charge is 0.390 e. The summed E-state index contributed by atoms with van der Waals surface area (Å²) >= 11 is 0. The number of likely N-dealkylation sites (tertiary alicyclic amines) is 1. The number of hydrogen-bond donors (Lipinski definition) is 1. The molecule has 106 valence electrons. The second-order valence-corrected chi connectivity index (χ2v) is 6.34. The molecule has 1 saturated heterocycles. The van der Waals surface area contributed by atoms with Crippen LogP contribution in [0.15, 0.2) is 24.3 Å². The Morgan fingerprint density at radius 2 is 2.25 bits per heavy atom. The van der Waals surface area contributed by atoms with Crippen LogP contribution >= 0.6 is 0 Å². The molecule has 0 radical (unpaired) electrons. The minimum atomic E-state index is -0.400. The molecule has 0 spiro atoms. The summed E-state index contributed by atoms with van der Waals surface area (Å²) in [5, 5.41) is 19.6. The summed E-state index contributed by atoms with van der Waals surface area (Å²) in [6.07, 6.45) is 5.47. The third kappa shape index (κ3) is 2.72. The third-order valence-corrected chi connectivity index (χ3v) is 4.97. The van der Waals surface area contributed by atoms with E-state index in [-0.39, 0.29) is 0 Å². The molecule has 2 aliphatic rings. The van der Waals surface area contributed by atoms with Gasteiger partial charge in [0.25, 0.3) is 0 Å². The van der Waals surface area contributed by atoms with Gasteiger partial charge in [-0.15, -0.1) is 0 Å². The first-order valence-corrected chi connectivity index (χ1v) is 7.63. The summed E-state index contributed by atoms with van der Waals surface area (Å²) in [4.78, 5) is 2.43. The zero-order chi connectivity index (χ0) is 14.0. The quantitative estimate of drug-likeness (QED) is 0.898. The number of aliphatic hydroxyl groups is 1. The molecule has 3 heteroatoms. The van der Waals surface area contributed by atoms with Crippen molar-refractivity contribution >= 4 is 0 Å². The zero-order valence-corrected chi connectivity index (χ0v) is 11.9. The molecule has 3 rings (SSSR count). The van der Waals surface area contributed by atoms with E-state index in [1.807, 2.05) is 18.2 Å². The monoisotopic (exact) mass is 270 g/mol. The molecule has 3 nitrogen and oxygen atoms in total. The molecule has 2 unspecified atom stereocenters. The lowest BCUT2D eigenvalue weighted by Crippen LogP contribution is -2.52. The van der Waals surface area contributed by atoms with E-state index in [0.717, 1.165) is 44.5 Å². The molecule has 1 aliphatic carbocycles. The zero-order valence-electron chi connectivity index (χ0n) is 11.9. The van der Waals surface area contributed by atoms with E-state index in [9.17, 15) is 5.11 Å². The smallest absolute Gasteiger partial charge is 0.0991 e. The van der Waals surface area contributed by atoms with Gasteiger partial charge in [0.2, 0.25) is 0 Å². The van der Waals surface area contributed by atoms with Crippen molar-refractivity contribution < 1.29 is 5.11 Å². The highest BCUT2D eigenvalue weighted by Gasteiger charge is 2.42. The standard InChI is InChI=1S/C17H22N2O/c18-11-14-4-3-5-15(10-14)12-19-9-8-17(20)7-2-1-6-16(17)13-19/h3-5,10,16,20H,1-2,6-9,12-13H2. The topological polar surface area (TPSA) is 47.3 Å².